The van der Waals surface area contributed by atoms with E-state index in [1.165, 1.54) is 0 Å². The first kappa shape index (κ1) is 13.8. The second kappa shape index (κ2) is 4.52. The highest BCUT2D eigenvalue weighted by atomic mass is 28.3. The van der Waals surface area contributed by atoms with Crippen LogP contribution >= 0.6 is 0 Å². The first-order valence-electron chi connectivity index (χ1n) is 6.40. The molecule has 0 nitrogen and oxygen atoms in total. The summed E-state index contributed by atoms with van der Waals surface area (Å²) in [5.74, 6) is 2.23. The summed E-state index contributed by atoms with van der Waals surface area (Å²) < 4.78 is 0. The van der Waals surface area contributed by atoms with E-state index in [4.69, 9.17) is 0 Å². The Labute approximate surface area is 103 Å². The third kappa shape index (κ3) is 1.94. The van der Waals surface area contributed by atoms with E-state index in [1.807, 2.05) is 0 Å². The zero-order chi connectivity index (χ0) is 12.6. The van der Waals surface area contributed by atoms with E-state index in [9.17, 15) is 0 Å². The van der Waals surface area contributed by atoms with Crippen LogP contribution in [0.5, 0.6) is 0 Å². The first-order valence-corrected chi connectivity index (χ1v) is 9.29. The van der Waals surface area contributed by atoms with Crippen molar-refractivity contribution in [3.63, 3.8) is 0 Å². The van der Waals surface area contributed by atoms with Crippen molar-refractivity contribution in [2.24, 2.45) is 11.3 Å². The van der Waals surface area contributed by atoms with Crippen LogP contribution in [0, 0.1) is 17.3 Å². The quantitative estimate of drug-likeness (QED) is 0.626. The molecule has 0 saturated heterocycles. The minimum atomic E-state index is -0.797. The van der Waals surface area contributed by atoms with Crippen molar-refractivity contribution < 1.29 is 0 Å². The maximum atomic E-state index is 2.50. The molecule has 1 aliphatic rings. The average Bonchev–Trinajstić information content (AvgIpc) is 2.53. The molecule has 1 aliphatic carbocycles. The lowest BCUT2D eigenvalue weighted by Crippen LogP contribution is -2.46. The van der Waals surface area contributed by atoms with Gasteiger partial charge in [0.1, 0.15) is 0 Å². The predicted molar refractivity (Wildman–Crippen MR) is 77.4 cm³/mol. The third-order valence-electron chi connectivity index (χ3n) is 4.25. The molecular weight excluding hydrogens is 208 g/mol. The molecule has 0 aliphatic heterocycles. The van der Waals surface area contributed by atoms with Gasteiger partial charge in [-0.15, -0.1) is 0 Å². The average molecular weight is 235 g/mol. The Hall–Kier alpha value is -0.303. The molecule has 0 saturated carbocycles. The molecule has 1 atom stereocenters. The highest BCUT2D eigenvalue weighted by Gasteiger charge is 2.51. The maximum absolute atomic E-state index is 2.50. The highest BCUT2D eigenvalue weighted by molar-refractivity contribution is 6.60. The lowest BCUT2D eigenvalue weighted by molar-refractivity contribution is 0.235. The number of rotatable bonds is 3. The molecular formula is C15H27Si. The summed E-state index contributed by atoms with van der Waals surface area (Å²) in [6.07, 6.45) is 9.21. The summed E-state index contributed by atoms with van der Waals surface area (Å²) in [4.78, 5) is 0. The van der Waals surface area contributed by atoms with Gasteiger partial charge in [-0.2, -0.15) is 0 Å². The van der Waals surface area contributed by atoms with E-state index in [2.05, 4.69) is 72.0 Å². The van der Waals surface area contributed by atoms with Gasteiger partial charge in [0.25, 0.3) is 0 Å². The van der Waals surface area contributed by atoms with E-state index in [1.54, 1.807) is 5.92 Å². The lowest BCUT2D eigenvalue weighted by atomic mass is 9.66. The van der Waals surface area contributed by atoms with Crippen LogP contribution in [0.3, 0.4) is 0 Å². The van der Waals surface area contributed by atoms with Gasteiger partial charge < -0.3 is 0 Å². The second-order valence-corrected chi connectivity index (χ2v) is 9.79. The van der Waals surface area contributed by atoms with Crippen LogP contribution < -0.4 is 0 Å². The van der Waals surface area contributed by atoms with Crippen LogP contribution in [0.15, 0.2) is 24.3 Å². The monoisotopic (exact) mass is 235 g/mol. The molecule has 0 aromatic carbocycles. The molecule has 0 amide bonds. The van der Waals surface area contributed by atoms with Gasteiger partial charge in [0, 0.05) is 8.80 Å². The van der Waals surface area contributed by atoms with Crippen LogP contribution in [0.2, 0.25) is 18.1 Å². The normalized spacial score (nSPS) is 21.1. The molecule has 0 N–H and O–H groups in total. The van der Waals surface area contributed by atoms with Crippen molar-refractivity contribution in [1.82, 2.24) is 0 Å². The van der Waals surface area contributed by atoms with Crippen molar-refractivity contribution in [2.75, 3.05) is 0 Å². The maximum Gasteiger partial charge on any atom is 0.0397 e. The Balaban J connectivity index is 3.28. The third-order valence-corrected chi connectivity index (χ3v) is 7.90. The molecule has 0 spiro atoms. The minimum Gasteiger partial charge on any atom is -0.0773 e. The second-order valence-electron chi connectivity index (χ2n) is 6.57. The zero-order valence-electron chi connectivity index (χ0n) is 12.0. The SMILES string of the molecule is C[C](C)C(C1C=CC=C1)([SiH](C)C)C(C)(C)C. The highest BCUT2D eigenvalue weighted by Crippen LogP contribution is 2.61. The molecule has 0 bridgehead atoms. The summed E-state index contributed by atoms with van der Waals surface area (Å²) in [6, 6.07) is 0. The van der Waals surface area contributed by atoms with Crippen molar-refractivity contribution in [3.05, 3.63) is 30.2 Å². The van der Waals surface area contributed by atoms with E-state index in [0.29, 0.717) is 16.4 Å². The minimum absolute atomic E-state index is 0.343. The van der Waals surface area contributed by atoms with Crippen LogP contribution in [0.25, 0.3) is 0 Å². The van der Waals surface area contributed by atoms with Crippen molar-refractivity contribution in [1.29, 1.82) is 0 Å². The van der Waals surface area contributed by atoms with Crippen molar-refractivity contribution >= 4 is 8.80 Å². The van der Waals surface area contributed by atoms with E-state index in [0.717, 1.165) is 0 Å². The smallest absolute Gasteiger partial charge is 0.0397 e. The molecule has 0 fully saturated rings. The van der Waals surface area contributed by atoms with Crippen LogP contribution in [0.4, 0.5) is 0 Å². The fourth-order valence-corrected chi connectivity index (χ4v) is 8.03. The van der Waals surface area contributed by atoms with Crippen LogP contribution in [-0.2, 0) is 0 Å². The molecule has 0 heterocycles. The Morgan fingerprint density at radius 2 is 1.44 bits per heavy atom. The van der Waals surface area contributed by atoms with Gasteiger partial charge in [0.05, 0.1) is 0 Å². The van der Waals surface area contributed by atoms with E-state index >= 15 is 0 Å². The Bertz CT molecular complexity index is 269. The summed E-state index contributed by atoms with van der Waals surface area (Å²) in [5, 5.41) is 0.399. The Morgan fingerprint density at radius 3 is 1.69 bits per heavy atom. The van der Waals surface area contributed by atoms with Gasteiger partial charge >= 0.3 is 0 Å². The molecule has 1 heteroatoms. The molecule has 91 valence electrons. The fraction of sp³-hybridized carbons (Fsp3) is 0.667. The van der Waals surface area contributed by atoms with Crippen molar-refractivity contribution in [2.45, 2.75) is 52.8 Å². The zero-order valence-corrected chi connectivity index (χ0v) is 13.1. The van der Waals surface area contributed by atoms with E-state index < -0.39 is 8.80 Å². The van der Waals surface area contributed by atoms with Gasteiger partial charge in [-0.25, -0.2) is 0 Å². The lowest BCUT2D eigenvalue weighted by Gasteiger charge is -2.54. The van der Waals surface area contributed by atoms with Gasteiger partial charge in [-0.1, -0.05) is 72.0 Å². The standard InChI is InChI=1S/C15H27Si/c1-12(2)15(16(6)7,14(3,4)5)13-10-8-9-11-13/h8-11,13,16H,1-7H3. The van der Waals surface area contributed by atoms with Gasteiger partial charge in [0.2, 0.25) is 0 Å². The van der Waals surface area contributed by atoms with E-state index in [-0.39, 0.29) is 0 Å². The molecule has 1 rings (SSSR count). The summed E-state index contributed by atoms with van der Waals surface area (Å²) in [7, 11) is -0.797. The Morgan fingerprint density at radius 1 is 1.00 bits per heavy atom. The fourth-order valence-electron chi connectivity index (χ4n) is 4.15. The number of hydrogen-bond donors (Lipinski definition) is 0. The first-order chi connectivity index (χ1) is 7.24. The van der Waals surface area contributed by atoms with Gasteiger partial charge in [0.15, 0.2) is 0 Å². The van der Waals surface area contributed by atoms with Gasteiger partial charge in [-0.3, -0.25) is 0 Å². The number of allylic oxidation sites excluding steroid dienone is 4. The van der Waals surface area contributed by atoms with Crippen LogP contribution in [-0.4, -0.2) is 8.80 Å². The molecule has 16 heavy (non-hydrogen) atoms. The molecule has 1 radical (unpaired) electrons. The molecule has 1 unspecified atom stereocenters. The summed E-state index contributed by atoms with van der Waals surface area (Å²) in [5.41, 5.74) is 0.343. The largest absolute Gasteiger partial charge is 0.0773 e. The predicted octanol–water partition coefficient (Wildman–Crippen LogP) is 4.62. The number of hydrogen-bond acceptors (Lipinski definition) is 0. The van der Waals surface area contributed by atoms with Crippen LogP contribution in [0.1, 0.15) is 34.6 Å². The summed E-state index contributed by atoms with van der Waals surface area (Å²) in [6.45, 7) is 16.9. The molecule has 0 aromatic rings. The summed E-state index contributed by atoms with van der Waals surface area (Å²) >= 11 is 0. The Kier molecular flexibility index (Phi) is 3.89. The molecule has 0 aromatic heterocycles. The topological polar surface area (TPSA) is 0 Å². The van der Waals surface area contributed by atoms with Crippen molar-refractivity contribution in [3.8, 4) is 0 Å². The van der Waals surface area contributed by atoms with Gasteiger partial charge in [-0.05, 0) is 22.3 Å².